The SMILES string of the molecule is CC(CO)CSc1nc2sccn2c1CNC1CC1. The van der Waals surface area contributed by atoms with Crippen molar-refractivity contribution < 1.29 is 5.11 Å². The highest BCUT2D eigenvalue weighted by atomic mass is 32.2. The summed E-state index contributed by atoms with van der Waals surface area (Å²) in [4.78, 5) is 5.76. The maximum atomic E-state index is 9.12. The number of aliphatic hydroxyl groups excluding tert-OH is 1. The Kier molecular flexibility index (Phi) is 4.12. The minimum atomic E-state index is 0.241. The molecule has 1 fully saturated rings. The molecule has 1 aliphatic carbocycles. The van der Waals surface area contributed by atoms with Gasteiger partial charge in [-0.3, -0.25) is 4.40 Å². The number of nitrogens with one attached hydrogen (secondary N) is 1. The van der Waals surface area contributed by atoms with Crippen LogP contribution in [0.1, 0.15) is 25.5 Å². The normalized spacial score (nSPS) is 17.2. The van der Waals surface area contributed by atoms with Gasteiger partial charge in [-0.05, 0) is 18.8 Å². The lowest BCUT2D eigenvalue weighted by atomic mass is 10.2. The molecule has 0 saturated heterocycles. The standard InChI is InChI=1S/C13H19N3OS2/c1-9(7-17)8-19-12-11(6-14-10-2-3-10)16-4-5-18-13(16)15-12/h4-5,9-10,14,17H,2-3,6-8H2,1H3. The van der Waals surface area contributed by atoms with Crippen molar-refractivity contribution in [3.8, 4) is 0 Å². The van der Waals surface area contributed by atoms with Crippen LogP contribution in [0, 0.1) is 5.92 Å². The molecule has 0 aliphatic heterocycles. The lowest BCUT2D eigenvalue weighted by molar-refractivity contribution is 0.250. The molecule has 0 aromatic carbocycles. The van der Waals surface area contributed by atoms with Gasteiger partial charge in [-0.2, -0.15) is 0 Å². The number of rotatable bonds is 7. The van der Waals surface area contributed by atoms with E-state index in [1.54, 1.807) is 23.1 Å². The number of hydrogen-bond acceptors (Lipinski definition) is 5. The highest BCUT2D eigenvalue weighted by Crippen LogP contribution is 2.28. The zero-order chi connectivity index (χ0) is 13.2. The minimum Gasteiger partial charge on any atom is -0.396 e. The summed E-state index contributed by atoms with van der Waals surface area (Å²) in [5.41, 5.74) is 1.26. The number of aliphatic hydroxyl groups is 1. The molecule has 0 spiro atoms. The van der Waals surface area contributed by atoms with E-state index in [4.69, 9.17) is 10.1 Å². The van der Waals surface area contributed by atoms with Crippen LogP contribution in [0.2, 0.25) is 0 Å². The summed E-state index contributed by atoms with van der Waals surface area (Å²) in [6.45, 7) is 3.19. The van der Waals surface area contributed by atoms with Crippen LogP contribution in [-0.2, 0) is 6.54 Å². The monoisotopic (exact) mass is 297 g/mol. The van der Waals surface area contributed by atoms with E-state index >= 15 is 0 Å². The van der Waals surface area contributed by atoms with Gasteiger partial charge in [0.05, 0.1) is 5.69 Å². The highest BCUT2D eigenvalue weighted by Gasteiger charge is 2.22. The largest absolute Gasteiger partial charge is 0.396 e. The van der Waals surface area contributed by atoms with Crippen LogP contribution in [-0.4, -0.2) is 32.9 Å². The van der Waals surface area contributed by atoms with E-state index in [1.807, 2.05) is 0 Å². The molecule has 1 aliphatic rings. The third kappa shape index (κ3) is 3.13. The molecule has 2 heterocycles. The average Bonchev–Trinajstić information content (AvgIpc) is 3.03. The molecule has 0 bridgehead atoms. The molecule has 2 N–H and O–H groups in total. The molecular weight excluding hydrogens is 278 g/mol. The average molecular weight is 297 g/mol. The first-order valence-electron chi connectivity index (χ1n) is 6.69. The van der Waals surface area contributed by atoms with Crippen LogP contribution in [0.5, 0.6) is 0 Å². The molecule has 1 atom stereocenters. The second-order valence-corrected chi connectivity index (χ2v) is 7.05. The Hall–Kier alpha value is -0.560. The summed E-state index contributed by atoms with van der Waals surface area (Å²) in [5.74, 6) is 1.23. The van der Waals surface area contributed by atoms with Crippen molar-refractivity contribution in [2.45, 2.75) is 37.4 Å². The number of thiazole rings is 1. The number of aromatic nitrogens is 2. The maximum Gasteiger partial charge on any atom is 0.194 e. The van der Waals surface area contributed by atoms with E-state index in [1.165, 1.54) is 18.5 Å². The molecule has 2 aromatic heterocycles. The molecule has 1 unspecified atom stereocenters. The first-order valence-corrected chi connectivity index (χ1v) is 8.56. The summed E-state index contributed by atoms with van der Waals surface area (Å²) in [7, 11) is 0. The molecule has 0 radical (unpaired) electrons. The van der Waals surface area contributed by atoms with E-state index in [0.717, 1.165) is 22.3 Å². The van der Waals surface area contributed by atoms with Crippen molar-refractivity contribution in [1.82, 2.24) is 14.7 Å². The quantitative estimate of drug-likeness (QED) is 0.770. The smallest absolute Gasteiger partial charge is 0.194 e. The van der Waals surface area contributed by atoms with Gasteiger partial charge < -0.3 is 10.4 Å². The van der Waals surface area contributed by atoms with Crippen LogP contribution in [0.15, 0.2) is 16.6 Å². The van der Waals surface area contributed by atoms with E-state index in [2.05, 4.69) is 28.2 Å². The van der Waals surface area contributed by atoms with Gasteiger partial charge in [-0.15, -0.1) is 23.1 Å². The minimum absolute atomic E-state index is 0.241. The van der Waals surface area contributed by atoms with Gasteiger partial charge in [-0.1, -0.05) is 6.92 Å². The number of nitrogens with zero attached hydrogens (tertiary/aromatic N) is 2. The second-order valence-electron chi connectivity index (χ2n) is 5.17. The first kappa shape index (κ1) is 13.4. The van der Waals surface area contributed by atoms with E-state index in [-0.39, 0.29) is 6.61 Å². The Balaban J connectivity index is 1.75. The lowest BCUT2D eigenvalue weighted by Gasteiger charge is -2.08. The molecule has 6 heteroatoms. The molecule has 0 amide bonds. The van der Waals surface area contributed by atoms with Gasteiger partial charge in [0.25, 0.3) is 0 Å². The molecular formula is C13H19N3OS2. The predicted molar refractivity (Wildman–Crippen MR) is 79.9 cm³/mol. The Labute approximate surface area is 121 Å². The van der Waals surface area contributed by atoms with Crippen LogP contribution in [0.25, 0.3) is 4.96 Å². The van der Waals surface area contributed by atoms with Crippen molar-refractivity contribution in [2.24, 2.45) is 5.92 Å². The Morgan fingerprint density at radius 3 is 3.21 bits per heavy atom. The van der Waals surface area contributed by atoms with Gasteiger partial charge in [0.2, 0.25) is 0 Å². The van der Waals surface area contributed by atoms with Crippen molar-refractivity contribution in [3.05, 3.63) is 17.3 Å². The van der Waals surface area contributed by atoms with Crippen LogP contribution < -0.4 is 5.32 Å². The summed E-state index contributed by atoms with van der Waals surface area (Å²) < 4.78 is 2.19. The van der Waals surface area contributed by atoms with Gasteiger partial charge in [0, 0.05) is 36.5 Å². The zero-order valence-corrected chi connectivity index (χ0v) is 12.6. The fraction of sp³-hybridized carbons (Fsp3) is 0.615. The van der Waals surface area contributed by atoms with Gasteiger partial charge >= 0.3 is 0 Å². The van der Waals surface area contributed by atoms with Crippen LogP contribution in [0.3, 0.4) is 0 Å². The van der Waals surface area contributed by atoms with Crippen molar-refractivity contribution in [1.29, 1.82) is 0 Å². The Morgan fingerprint density at radius 2 is 2.47 bits per heavy atom. The van der Waals surface area contributed by atoms with E-state index < -0.39 is 0 Å². The van der Waals surface area contributed by atoms with Crippen molar-refractivity contribution in [3.63, 3.8) is 0 Å². The molecule has 3 rings (SSSR count). The highest BCUT2D eigenvalue weighted by molar-refractivity contribution is 7.99. The molecule has 104 valence electrons. The number of thioether (sulfide) groups is 1. The van der Waals surface area contributed by atoms with Gasteiger partial charge in [0.15, 0.2) is 4.96 Å². The third-order valence-corrected chi connectivity index (χ3v) is 5.37. The predicted octanol–water partition coefficient (Wildman–Crippen LogP) is 2.37. The van der Waals surface area contributed by atoms with Crippen LogP contribution >= 0.6 is 23.1 Å². The van der Waals surface area contributed by atoms with Crippen molar-refractivity contribution >= 4 is 28.1 Å². The summed E-state index contributed by atoms with van der Waals surface area (Å²) in [6, 6.07) is 0.707. The van der Waals surface area contributed by atoms with Gasteiger partial charge in [-0.25, -0.2) is 4.98 Å². The van der Waals surface area contributed by atoms with Crippen LogP contribution in [0.4, 0.5) is 0 Å². The lowest BCUT2D eigenvalue weighted by Crippen LogP contribution is -2.17. The molecule has 4 nitrogen and oxygen atoms in total. The number of fused-ring (bicyclic) bond motifs is 1. The maximum absolute atomic E-state index is 9.12. The topological polar surface area (TPSA) is 49.6 Å². The number of imidazole rings is 1. The molecule has 1 saturated carbocycles. The van der Waals surface area contributed by atoms with E-state index in [9.17, 15) is 0 Å². The summed E-state index contributed by atoms with van der Waals surface area (Å²) >= 11 is 3.43. The fourth-order valence-corrected chi connectivity index (χ4v) is 3.72. The fourth-order valence-electron chi connectivity index (χ4n) is 1.89. The van der Waals surface area contributed by atoms with Crippen molar-refractivity contribution in [2.75, 3.05) is 12.4 Å². The summed E-state index contributed by atoms with van der Waals surface area (Å²) in [5, 5.41) is 15.9. The van der Waals surface area contributed by atoms with Gasteiger partial charge in [0.1, 0.15) is 5.03 Å². The second kappa shape index (κ2) is 5.83. The van der Waals surface area contributed by atoms with E-state index in [0.29, 0.717) is 12.0 Å². The summed E-state index contributed by atoms with van der Waals surface area (Å²) in [6.07, 6.45) is 4.70. The number of hydrogen-bond donors (Lipinski definition) is 2. The third-order valence-electron chi connectivity index (χ3n) is 3.28. The zero-order valence-electron chi connectivity index (χ0n) is 11.0. The molecule has 19 heavy (non-hydrogen) atoms. The Bertz CT molecular complexity index is 547. The first-order chi connectivity index (χ1) is 9.28. The molecule has 2 aromatic rings. The Morgan fingerprint density at radius 1 is 1.63 bits per heavy atom.